The maximum Gasteiger partial charge on any atom is 0.237 e. The average Bonchev–Trinajstić information content (AvgIpc) is 2.58. The van der Waals surface area contributed by atoms with Crippen molar-refractivity contribution in [3.63, 3.8) is 0 Å². The summed E-state index contributed by atoms with van der Waals surface area (Å²) < 4.78 is 11.0. The molecule has 1 heterocycles. The number of thioether (sulfide) groups is 1. The molecule has 1 N–H and O–H groups in total. The first-order chi connectivity index (χ1) is 11.5. The number of hydrogen-bond donors (Lipinski definition) is 1. The van der Waals surface area contributed by atoms with Crippen LogP contribution < -0.4 is 14.8 Å². The number of aryl methyl sites for hydroxylation is 2. The Morgan fingerprint density at radius 2 is 1.83 bits per heavy atom. The molecule has 24 heavy (non-hydrogen) atoms. The highest BCUT2D eigenvalue weighted by molar-refractivity contribution is 8.00. The Kier molecular flexibility index (Phi) is 5.00. The van der Waals surface area contributed by atoms with Gasteiger partial charge in [0.05, 0.1) is 5.25 Å². The van der Waals surface area contributed by atoms with E-state index in [-0.39, 0.29) is 11.2 Å². The van der Waals surface area contributed by atoms with Crippen molar-refractivity contribution in [3.8, 4) is 11.5 Å². The fraction of sp³-hybridized carbons (Fsp3) is 0.316. The number of hydrogen-bond acceptors (Lipinski definition) is 4. The van der Waals surface area contributed by atoms with Crippen molar-refractivity contribution in [2.75, 3.05) is 18.5 Å². The van der Waals surface area contributed by atoms with Gasteiger partial charge in [-0.15, -0.1) is 11.8 Å². The molecule has 1 amide bonds. The molecular formula is C19H21NO3S. The van der Waals surface area contributed by atoms with Crippen LogP contribution in [0.3, 0.4) is 0 Å². The first kappa shape index (κ1) is 16.7. The lowest BCUT2D eigenvalue weighted by Crippen LogP contribution is -2.23. The van der Waals surface area contributed by atoms with Gasteiger partial charge in [0.15, 0.2) is 11.5 Å². The molecule has 0 saturated heterocycles. The van der Waals surface area contributed by atoms with Crippen LogP contribution in [-0.2, 0) is 4.79 Å². The first-order valence-electron chi connectivity index (χ1n) is 7.97. The van der Waals surface area contributed by atoms with Crippen LogP contribution in [0, 0.1) is 13.8 Å². The Balaban J connectivity index is 1.67. The van der Waals surface area contributed by atoms with E-state index in [0.29, 0.717) is 19.0 Å². The summed E-state index contributed by atoms with van der Waals surface area (Å²) in [5.74, 6) is 1.36. The summed E-state index contributed by atoms with van der Waals surface area (Å²) in [5.41, 5.74) is 3.10. The standard InChI is InChI=1S/C19H21NO3S/c1-12-4-5-13(2)18(10-12)24-14(3)19(21)20-15-6-7-16-17(11-15)23-9-8-22-16/h4-7,10-11,14H,8-9H2,1-3H3,(H,20,21). The number of rotatable bonds is 4. The molecule has 1 unspecified atom stereocenters. The molecule has 1 aliphatic heterocycles. The Morgan fingerprint density at radius 1 is 1.08 bits per heavy atom. The number of nitrogens with one attached hydrogen (secondary N) is 1. The lowest BCUT2D eigenvalue weighted by molar-refractivity contribution is -0.115. The van der Waals surface area contributed by atoms with Crippen LogP contribution in [0.5, 0.6) is 11.5 Å². The molecule has 2 aromatic carbocycles. The van der Waals surface area contributed by atoms with Gasteiger partial charge in [-0.2, -0.15) is 0 Å². The topological polar surface area (TPSA) is 47.6 Å². The number of fused-ring (bicyclic) bond motifs is 1. The second-order valence-corrected chi connectivity index (χ2v) is 7.26. The van der Waals surface area contributed by atoms with E-state index < -0.39 is 0 Å². The van der Waals surface area contributed by atoms with Crippen LogP contribution >= 0.6 is 11.8 Å². The Hall–Kier alpha value is -2.14. The number of ether oxygens (including phenoxy) is 2. The van der Waals surface area contributed by atoms with Gasteiger partial charge < -0.3 is 14.8 Å². The van der Waals surface area contributed by atoms with Gasteiger partial charge in [-0.05, 0) is 44.5 Å². The zero-order chi connectivity index (χ0) is 17.1. The molecule has 0 aliphatic carbocycles. The summed E-state index contributed by atoms with van der Waals surface area (Å²) in [4.78, 5) is 13.6. The van der Waals surface area contributed by atoms with E-state index in [1.54, 1.807) is 11.8 Å². The van der Waals surface area contributed by atoms with Crippen molar-refractivity contribution in [2.24, 2.45) is 0 Å². The lowest BCUT2D eigenvalue weighted by atomic mass is 10.2. The molecule has 0 radical (unpaired) electrons. The summed E-state index contributed by atoms with van der Waals surface area (Å²) in [6.45, 7) is 7.13. The van der Waals surface area contributed by atoms with Crippen molar-refractivity contribution in [1.29, 1.82) is 0 Å². The Bertz CT molecular complexity index is 760. The highest BCUT2D eigenvalue weighted by Gasteiger charge is 2.17. The Labute approximate surface area is 146 Å². The summed E-state index contributed by atoms with van der Waals surface area (Å²) >= 11 is 1.57. The van der Waals surface area contributed by atoms with E-state index in [9.17, 15) is 4.79 Å². The molecule has 1 atom stereocenters. The molecule has 0 fully saturated rings. The van der Waals surface area contributed by atoms with Crippen LogP contribution in [-0.4, -0.2) is 24.4 Å². The number of carbonyl (C=O) groups is 1. The molecule has 0 spiro atoms. The first-order valence-corrected chi connectivity index (χ1v) is 8.85. The van der Waals surface area contributed by atoms with Gasteiger partial charge in [0.1, 0.15) is 13.2 Å². The largest absolute Gasteiger partial charge is 0.486 e. The molecule has 1 aliphatic rings. The molecule has 0 aromatic heterocycles. The summed E-state index contributed by atoms with van der Waals surface area (Å²) in [6, 6.07) is 11.8. The molecule has 2 aromatic rings. The van der Waals surface area contributed by atoms with Crippen molar-refractivity contribution in [2.45, 2.75) is 30.9 Å². The zero-order valence-electron chi connectivity index (χ0n) is 14.1. The minimum atomic E-state index is -0.196. The van der Waals surface area contributed by atoms with E-state index in [0.717, 1.165) is 16.3 Å². The van der Waals surface area contributed by atoms with Crippen molar-refractivity contribution in [3.05, 3.63) is 47.5 Å². The predicted octanol–water partition coefficient (Wildman–Crippen LogP) is 4.19. The van der Waals surface area contributed by atoms with E-state index in [4.69, 9.17) is 9.47 Å². The molecule has 4 nitrogen and oxygen atoms in total. The van der Waals surface area contributed by atoms with E-state index in [1.807, 2.05) is 25.1 Å². The van der Waals surface area contributed by atoms with Crippen LogP contribution in [0.4, 0.5) is 5.69 Å². The quantitative estimate of drug-likeness (QED) is 0.846. The summed E-state index contributed by atoms with van der Waals surface area (Å²) in [7, 11) is 0. The fourth-order valence-corrected chi connectivity index (χ4v) is 3.50. The normalized spacial score (nSPS) is 14.1. The molecular weight excluding hydrogens is 322 g/mol. The Morgan fingerprint density at radius 3 is 2.62 bits per heavy atom. The third-order valence-corrected chi connectivity index (χ3v) is 5.09. The van der Waals surface area contributed by atoms with Crippen molar-refractivity contribution < 1.29 is 14.3 Å². The van der Waals surface area contributed by atoms with Crippen LogP contribution in [0.25, 0.3) is 0 Å². The molecule has 3 rings (SSSR count). The van der Waals surface area contributed by atoms with Crippen LogP contribution in [0.2, 0.25) is 0 Å². The van der Waals surface area contributed by atoms with Gasteiger partial charge in [-0.25, -0.2) is 0 Å². The van der Waals surface area contributed by atoms with Crippen molar-refractivity contribution in [1.82, 2.24) is 0 Å². The SMILES string of the molecule is Cc1ccc(C)c(SC(C)C(=O)Nc2ccc3c(c2)OCCO3)c1. The van der Waals surface area contributed by atoms with Gasteiger partial charge in [0.2, 0.25) is 5.91 Å². The highest BCUT2D eigenvalue weighted by atomic mass is 32.2. The molecule has 0 bridgehead atoms. The van der Waals surface area contributed by atoms with E-state index in [1.165, 1.54) is 11.1 Å². The number of anilines is 1. The number of amides is 1. The molecule has 0 saturated carbocycles. The molecule has 126 valence electrons. The molecule has 5 heteroatoms. The second-order valence-electron chi connectivity index (χ2n) is 5.88. The van der Waals surface area contributed by atoms with Gasteiger partial charge in [-0.1, -0.05) is 17.7 Å². The minimum Gasteiger partial charge on any atom is -0.486 e. The van der Waals surface area contributed by atoms with Crippen LogP contribution in [0.15, 0.2) is 41.3 Å². The summed E-state index contributed by atoms with van der Waals surface area (Å²) in [5, 5.41) is 2.76. The van der Waals surface area contributed by atoms with Crippen LogP contribution in [0.1, 0.15) is 18.1 Å². The summed E-state index contributed by atoms with van der Waals surface area (Å²) in [6.07, 6.45) is 0. The maximum absolute atomic E-state index is 12.5. The number of benzene rings is 2. The monoisotopic (exact) mass is 343 g/mol. The third-order valence-electron chi connectivity index (χ3n) is 3.83. The minimum absolute atomic E-state index is 0.0300. The van der Waals surface area contributed by atoms with Gasteiger partial charge in [0, 0.05) is 16.6 Å². The van der Waals surface area contributed by atoms with Crippen molar-refractivity contribution >= 4 is 23.4 Å². The van der Waals surface area contributed by atoms with Gasteiger partial charge >= 0.3 is 0 Å². The van der Waals surface area contributed by atoms with E-state index in [2.05, 4.69) is 37.4 Å². The lowest BCUT2D eigenvalue weighted by Gasteiger charge is -2.19. The predicted molar refractivity (Wildman–Crippen MR) is 97.3 cm³/mol. The van der Waals surface area contributed by atoms with Gasteiger partial charge in [0.25, 0.3) is 0 Å². The number of carbonyl (C=O) groups excluding carboxylic acids is 1. The average molecular weight is 343 g/mol. The maximum atomic E-state index is 12.5. The second kappa shape index (κ2) is 7.18. The van der Waals surface area contributed by atoms with E-state index >= 15 is 0 Å². The third kappa shape index (κ3) is 3.85. The van der Waals surface area contributed by atoms with Gasteiger partial charge in [-0.3, -0.25) is 4.79 Å². The smallest absolute Gasteiger partial charge is 0.237 e. The fourth-order valence-electron chi connectivity index (χ4n) is 2.44. The highest BCUT2D eigenvalue weighted by Crippen LogP contribution is 2.33. The zero-order valence-corrected chi connectivity index (χ0v) is 14.9.